The molecule has 1 aromatic heterocycles. The number of fused-ring (bicyclic) bond motifs is 1. The lowest BCUT2D eigenvalue weighted by Crippen LogP contribution is -2.34. The van der Waals surface area contributed by atoms with Crippen molar-refractivity contribution in [2.24, 2.45) is 5.73 Å². The third kappa shape index (κ3) is 1.82. The van der Waals surface area contributed by atoms with Gasteiger partial charge in [-0.15, -0.1) is 0 Å². The SMILES string of the molecule is NC1CCCn2c1nc(C(F)(F)F)cc2=O. The molecule has 1 aliphatic rings. The molecule has 0 saturated carbocycles. The number of alkyl halides is 3. The molecule has 1 unspecified atom stereocenters. The van der Waals surface area contributed by atoms with Gasteiger partial charge in [0.05, 0.1) is 6.04 Å². The Morgan fingerprint density at radius 2 is 2.19 bits per heavy atom. The highest BCUT2D eigenvalue weighted by molar-refractivity contribution is 5.11. The first-order valence-corrected chi connectivity index (χ1v) is 4.84. The molecule has 1 atom stereocenters. The summed E-state index contributed by atoms with van der Waals surface area (Å²) < 4.78 is 38.5. The van der Waals surface area contributed by atoms with E-state index in [9.17, 15) is 18.0 Å². The van der Waals surface area contributed by atoms with Gasteiger partial charge in [-0.3, -0.25) is 9.36 Å². The average molecular weight is 233 g/mol. The summed E-state index contributed by atoms with van der Waals surface area (Å²) in [6, 6.07) is -0.0783. The summed E-state index contributed by atoms with van der Waals surface area (Å²) in [5.74, 6) is 0.0334. The van der Waals surface area contributed by atoms with E-state index in [1.807, 2.05) is 0 Å². The zero-order chi connectivity index (χ0) is 11.9. The molecule has 0 radical (unpaired) electrons. The Morgan fingerprint density at radius 1 is 1.50 bits per heavy atom. The molecular formula is C9H10F3N3O. The Morgan fingerprint density at radius 3 is 2.81 bits per heavy atom. The first-order valence-electron chi connectivity index (χ1n) is 4.84. The Bertz CT molecular complexity index is 466. The van der Waals surface area contributed by atoms with Gasteiger partial charge in [-0.25, -0.2) is 4.98 Å². The van der Waals surface area contributed by atoms with Crippen molar-refractivity contribution in [1.82, 2.24) is 9.55 Å². The smallest absolute Gasteiger partial charge is 0.321 e. The van der Waals surface area contributed by atoms with Gasteiger partial charge in [-0.2, -0.15) is 13.2 Å². The van der Waals surface area contributed by atoms with Crippen LogP contribution < -0.4 is 11.3 Å². The van der Waals surface area contributed by atoms with Crippen LogP contribution in [0.5, 0.6) is 0 Å². The van der Waals surface area contributed by atoms with Crippen molar-refractivity contribution in [3.8, 4) is 0 Å². The van der Waals surface area contributed by atoms with Gasteiger partial charge < -0.3 is 5.73 Å². The molecule has 2 heterocycles. The van der Waals surface area contributed by atoms with E-state index < -0.39 is 23.5 Å². The molecular weight excluding hydrogens is 223 g/mol. The van der Waals surface area contributed by atoms with E-state index in [1.54, 1.807) is 0 Å². The van der Waals surface area contributed by atoms with E-state index >= 15 is 0 Å². The molecule has 0 spiro atoms. The molecule has 88 valence electrons. The van der Waals surface area contributed by atoms with Crippen molar-refractivity contribution in [2.75, 3.05) is 0 Å². The zero-order valence-electron chi connectivity index (χ0n) is 8.29. The van der Waals surface area contributed by atoms with Gasteiger partial charge in [-0.1, -0.05) is 0 Å². The summed E-state index contributed by atoms with van der Waals surface area (Å²) in [5, 5.41) is 0. The molecule has 0 amide bonds. The van der Waals surface area contributed by atoms with E-state index in [2.05, 4.69) is 4.98 Å². The number of nitrogens with two attached hydrogens (primary N) is 1. The lowest BCUT2D eigenvalue weighted by atomic mass is 10.1. The van der Waals surface area contributed by atoms with Gasteiger partial charge in [0.1, 0.15) is 5.82 Å². The van der Waals surface area contributed by atoms with Crippen molar-refractivity contribution in [3.63, 3.8) is 0 Å². The molecule has 16 heavy (non-hydrogen) atoms. The van der Waals surface area contributed by atoms with Crippen LogP contribution in [0.3, 0.4) is 0 Å². The topological polar surface area (TPSA) is 60.9 Å². The van der Waals surface area contributed by atoms with Crippen molar-refractivity contribution in [1.29, 1.82) is 0 Å². The molecule has 7 heteroatoms. The van der Waals surface area contributed by atoms with Crippen molar-refractivity contribution in [3.05, 3.63) is 27.9 Å². The maximum atomic E-state index is 12.4. The van der Waals surface area contributed by atoms with E-state index in [4.69, 9.17) is 5.73 Å². The number of hydrogen-bond acceptors (Lipinski definition) is 3. The maximum absolute atomic E-state index is 12.4. The number of aromatic nitrogens is 2. The molecule has 2 rings (SSSR count). The monoisotopic (exact) mass is 233 g/mol. The first-order chi connectivity index (χ1) is 7.39. The third-order valence-corrected chi connectivity index (χ3v) is 2.56. The Kier molecular flexibility index (Phi) is 2.49. The number of rotatable bonds is 0. The lowest BCUT2D eigenvalue weighted by molar-refractivity contribution is -0.141. The highest BCUT2D eigenvalue weighted by Crippen LogP contribution is 2.28. The molecule has 1 aromatic rings. The summed E-state index contributed by atoms with van der Waals surface area (Å²) in [4.78, 5) is 14.9. The summed E-state index contributed by atoms with van der Waals surface area (Å²) in [7, 11) is 0. The van der Waals surface area contributed by atoms with Crippen molar-refractivity contribution < 1.29 is 13.2 Å². The first kappa shape index (κ1) is 11.1. The largest absolute Gasteiger partial charge is 0.433 e. The summed E-state index contributed by atoms with van der Waals surface area (Å²) in [6.07, 6.45) is -3.37. The van der Waals surface area contributed by atoms with Crippen LogP contribution in [0.15, 0.2) is 10.9 Å². The fraction of sp³-hybridized carbons (Fsp3) is 0.556. The Hall–Kier alpha value is -1.37. The second kappa shape index (κ2) is 3.58. The molecule has 1 aliphatic heterocycles. The van der Waals surface area contributed by atoms with Gasteiger partial charge in [0.25, 0.3) is 5.56 Å². The second-order valence-electron chi connectivity index (χ2n) is 3.74. The van der Waals surface area contributed by atoms with Crippen LogP contribution in [0.1, 0.15) is 30.4 Å². The third-order valence-electron chi connectivity index (χ3n) is 2.56. The van der Waals surface area contributed by atoms with Crippen LogP contribution in [0.2, 0.25) is 0 Å². The van der Waals surface area contributed by atoms with Gasteiger partial charge >= 0.3 is 6.18 Å². The van der Waals surface area contributed by atoms with E-state index in [0.29, 0.717) is 25.5 Å². The van der Waals surface area contributed by atoms with Crippen LogP contribution in [0.4, 0.5) is 13.2 Å². The predicted molar refractivity (Wildman–Crippen MR) is 49.7 cm³/mol. The number of hydrogen-bond donors (Lipinski definition) is 1. The molecule has 0 fully saturated rings. The molecule has 0 saturated heterocycles. The molecule has 0 aromatic carbocycles. The van der Waals surface area contributed by atoms with Crippen LogP contribution in [-0.4, -0.2) is 9.55 Å². The van der Waals surface area contributed by atoms with Crippen LogP contribution in [0, 0.1) is 0 Å². The normalized spacial score (nSPS) is 20.6. The number of nitrogens with zero attached hydrogens (tertiary/aromatic N) is 2. The van der Waals surface area contributed by atoms with Gasteiger partial charge in [-0.05, 0) is 12.8 Å². The van der Waals surface area contributed by atoms with Crippen LogP contribution in [0.25, 0.3) is 0 Å². The van der Waals surface area contributed by atoms with Crippen LogP contribution >= 0.6 is 0 Å². The van der Waals surface area contributed by atoms with Gasteiger partial charge in [0, 0.05) is 12.6 Å². The van der Waals surface area contributed by atoms with Crippen molar-refractivity contribution in [2.45, 2.75) is 31.6 Å². The van der Waals surface area contributed by atoms with Gasteiger partial charge in [0.2, 0.25) is 0 Å². The summed E-state index contributed by atoms with van der Waals surface area (Å²) in [6.45, 7) is 0.382. The number of halogens is 3. The summed E-state index contributed by atoms with van der Waals surface area (Å²) in [5.41, 5.74) is 3.78. The van der Waals surface area contributed by atoms with E-state index in [0.717, 1.165) is 0 Å². The minimum Gasteiger partial charge on any atom is -0.321 e. The fourth-order valence-electron chi connectivity index (χ4n) is 1.78. The molecule has 0 bridgehead atoms. The quantitative estimate of drug-likeness (QED) is 0.728. The average Bonchev–Trinajstić information content (AvgIpc) is 2.18. The van der Waals surface area contributed by atoms with Gasteiger partial charge in [0.15, 0.2) is 5.69 Å². The highest BCUT2D eigenvalue weighted by atomic mass is 19.4. The van der Waals surface area contributed by atoms with Crippen LogP contribution in [-0.2, 0) is 12.7 Å². The summed E-state index contributed by atoms with van der Waals surface area (Å²) >= 11 is 0. The zero-order valence-corrected chi connectivity index (χ0v) is 8.29. The van der Waals surface area contributed by atoms with E-state index in [-0.39, 0.29) is 5.82 Å². The maximum Gasteiger partial charge on any atom is 0.433 e. The Labute approximate surface area is 88.9 Å². The molecule has 0 aliphatic carbocycles. The highest BCUT2D eigenvalue weighted by Gasteiger charge is 2.35. The minimum absolute atomic E-state index is 0.0334. The van der Waals surface area contributed by atoms with E-state index in [1.165, 1.54) is 4.57 Å². The van der Waals surface area contributed by atoms with Crippen molar-refractivity contribution >= 4 is 0 Å². The lowest BCUT2D eigenvalue weighted by Gasteiger charge is -2.23. The fourth-order valence-corrected chi connectivity index (χ4v) is 1.78. The predicted octanol–water partition coefficient (Wildman–Crippen LogP) is 1.06. The Balaban J connectivity index is 2.60. The molecule has 2 N–H and O–H groups in total. The minimum atomic E-state index is -4.61. The standard InChI is InChI=1S/C9H10F3N3O/c10-9(11,12)6-4-7(16)15-3-1-2-5(13)8(15)14-6/h4-5H,1-3,13H2. The molecule has 4 nitrogen and oxygen atoms in total. The second-order valence-corrected chi connectivity index (χ2v) is 3.74.